The zero-order valence-electron chi connectivity index (χ0n) is 14.6. The fourth-order valence-corrected chi connectivity index (χ4v) is 2.09. The summed E-state index contributed by atoms with van der Waals surface area (Å²) in [4.78, 5) is 34.5. The highest BCUT2D eigenvalue weighted by atomic mass is 16.5. The second-order valence-electron chi connectivity index (χ2n) is 5.34. The first kappa shape index (κ1) is 19.0. The highest BCUT2D eigenvalue weighted by Crippen LogP contribution is 2.16. The molecule has 0 aliphatic rings. The van der Waals surface area contributed by atoms with Gasteiger partial charge >= 0.3 is 5.97 Å². The number of amides is 2. The number of carbonyl (C=O) groups is 3. The molecule has 0 spiro atoms. The third kappa shape index (κ3) is 5.94. The molecule has 0 heterocycles. The first-order chi connectivity index (χ1) is 12.5. The predicted octanol–water partition coefficient (Wildman–Crippen LogP) is 2.84. The fraction of sp³-hybridized carbons (Fsp3) is 0.211. The van der Waals surface area contributed by atoms with Crippen molar-refractivity contribution in [3.8, 4) is 5.75 Å². The third-order valence-corrected chi connectivity index (χ3v) is 3.22. The van der Waals surface area contributed by atoms with Gasteiger partial charge in [-0.2, -0.15) is 0 Å². The Labute approximate surface area is 151 Å². The summed E-state index contributed by atoms with van der Waals surface area (Å²) in [5.41, 5.74) is 1.61. The maximum atomic E-state index is 11.9. The zero-order valence-corrected chi connectivity index (χ0v) is 14.6. The summed E-state index contributed by atoms with van der Waals surface area (Å²) in [5, 5.41) is 5.32. The van der Waals surface area contributed by atoms with Gasteiger partial charge in [0.1, 0.15) is 5.75 Å². The van der Waals surface area contributed by atoms with E-state index in [2.05, 4.69) is 10.6 Å². The van der Waals surface area contributed by atoms with Crippen LogP contribution in [0.15, 0.2) is 48.5 Å². The van der Waals surface area contributed by atoms with Crippen molar-refractivity contribution in [2.24, 2.45) is 0 Å². The van der Waals surface area contributed by atoms with Crippen LogP contribution in [0.2, 0.25) is 0 Å². The van der Waals surface area contributed by atoms with Crippen LogP contribution < -0.4 is 15.4 Å². The zero-order chi connectivity index (χ0) is 18.9. The molecule has 0 saturated carbocycles. The Morgan fingerprint density at radius 2 is 1.46 bits per heavy atom. The molecule has 136 valence electrons. The lowest BCUT2D eigenvalue weighted by Crippen LogP contribution is -2.20. The highest BCUT2D eigenvalue weighted by molar-refractivity contribution is 5.93. The molecule has 0 bridgehead atoms. The van der Waals surface area contributed by atoms with E-state index in [1.54, 1.807) is 55.5 Å². The maximum absolute atomic E-state index is 11.9. The van der Waals surface area contributed by atoms with Gasteiger partial charge in [-0.3, -0.25) is 9.59 Å². The van der Waals surface area contributed by atoms with Crippen molar-refractivity contribution in [3.63, 3.8) is 0 Å². The first-order valence-corrected chi connectivity index (χ1v) is 8.05. The summed E-state index contributed by atoms with van der Waals surface area (Å²) in [7, 11) is 0. The minimum Gasteiger partial charge on any atom is -0.484 e. The van der Waals surface area contributed by atoms with Crippen LogP contribution >= 0.6 is 0 Å². The number of hydrogen-bond acceptors (Lipinski definition) is 5. The Balaban J connectivity index is 1.83. The van der Waals surface area contributed by atoms with Crippen LogP contribution in [0.3, 0.4) is 0 Å². The fourth-order valence-electron chi connectivity index (χ4n) is 2.09. The second kappa shape index (κ2) is 9.22. The van der Waals surface area contributed by atoms with Gasteiger partial charge < -0.3 is 20.1 Å². The molecule has 2 amide bonds. The van der Waals surface area contributed by atoms with Crippen molar-refractivity contribution in [3.05, 3.63) is 54.1 Å². The molecule has 0 aromatic heterocycles. The summed E-state index contributed by atoms with van der Waals surface area (Å²) in [5.74, 6) is -0.393. The van der Waals surface area contributed by atoms with Gasteiger partial charge in [0.05, 0.1) is 12.2 Å². The number of anilines is 2. The second-order valence-corrected chi connectivity index (χ2v) is 5.34. The van der Waals surface area contributed by atoms with E-state index < -0.39 is 5.97 Å². The summed E-state index contributed by atoms with van der Waals surface area (Å²) in [6.45, 7) is 3.30. The standard InChI is InChI=1S/C19H20N2O5/c1-3-25-19(24)14-4-6-16(7-5-14)21-18(23)12-26-17-10-8-15(9-11-17)20-13(2)22/h4-11H,3,12H2,1-2H3,(H,20,22)(H,21,23). The number of hydrogen-bond donors (Lipinski definition) is 2. The first-order valence-electron chi connectivity index (χ1n) is 8.05. The van der Waals surface area contributed by atoms with E-state index >= 15 is 0 Å². The molecule has 2 N–H and O–H groups in total. The minimum atomic E-state index is -0.406. The van der Waals surface area contributed by atoms with Gasteiger partial charge in [-0.25, -0.2) is 4.79 Å². The smallest absolute Gasteiger partial charge is 0.338 e. The number of rotatable bonds is 7. The molecule has 0 atom stereocenters. The predicted molar refractivity (Wildman–Crippen MR) is 97.3 cm³/mol. The molecule has 2 aromatic carbocycles. The van der Waals surface area contributed by atoms with Crippen molar-refractivity contribution in [2.75, 3.05) is 23.8 Å². The van der Waals surface area contributed by atoms with Gasteiger partial charge in [0.25, 0.3) is 5.91 Å². The van der Waals surface area contributed by atoms with E-state index in [1.807, 2.05) is 0 Å². The van der Waals surface area contributed by atoms with Gasteiger partial charge in [0.15, 0.2) is 6.61 Å². The Hall–Kier alpha value is -3.35. The van der Waals surface area contributed by atoms with Crippen LogP contribution in [0.5, 0.6) is 5.75 Å². The quantitative estimate of drug-likeness (QED) is 0.744. The van der Waals surface area contributed by atoms with Gasteiger partial charge in [-0.15, -0.1) is 0 Å². The molecule has 7 heteroatoms. The van der Waals surface area contributed by atoms with Crippen LogP contribution in [0.25, 0.3) is 0 Å². The lowest BCUT2D eigenvalue weighted by atomic mass is 10.2. The summed E-state index contributed by atoms with van der Waals surface area (Å²) < 4.78 is 10.3. The molecule has 0 aliphatic heterocycles. The van der Waals surface area contributed by atoms with Crippen molar-refractivity contribution in [2.45, 2.75) is 13.8 Å². The van der Waals surface area contributed by atoms with Crippen molar-refractivity contribution in [1.82, 2.24) is 0 Å². The molecule has 0 saturated heterocycles. The molecule has 0 aliphatic carbocycles. The van der Waals surface area contributed by atoms with E-state index in [9.17, 15) is 14.4 Å². The monoisotopic (exact) mass is 356 g/mol. The van der Waals surface area contributed by atoms with Gasteiger partial charge in [0.2, 0.25) is 5.91 Å². The summed E-state index contributed by atoms with van der Waals surface area (Å²) in [6, 6.07) is 13.1. The molecule has 2 rings (SSSR count). The molecular formula is C19H20N2O5. The molecule has 26 heavy (non-hydrogen) atoms. The van der Waals surface area contributed by atoms with Crippen LogP contribution in [-0.2, 0) is 14.3 Å². The average Bonchev–Trinajstić information content (AvgIpc) is 2.61. The number of benzene rings is 2. The molecule has 2 aromatic rings. The Kier molecular flexibility index (Phi) is 6.73. The van der Waals surface area contributed by atoms with E-state index in [0.29, 0.717) is 29.3 Å². The van der Waals surface area contributed by atoms with E-state index in [-0.39, 0.29) is 18.4 Å². The Bertz CT molecular complexity index is 770. The number of ether oxygens (including phenoxy) is 2. The van der Waals surface area contributed by atoms with E-state index in [1.165, 1.54) is 6.92 Å². The van der Waals surface area contributed by atoms with E-state index in [4.69, 9.17) is 9.47 Å². The summed E-state index contributed by atoms with van der Waals surface area (Å²) >= 11 is 0. The topological polar surface area (TPSA) is 93.7 Å². The van der Waals surface area contributed by atoms with Gasteiger partial charge in [-0.1, -0.05) is 0 Å². The molecule has 7 nitrogen and oxygen atoms in total. The van der Waals surface area contributed by atoms with Crippen molar-refractivity contribution in [1.29, 1.82) is 0 Å². The average molecular weight is 356 g/mol. The number of carbonyl (C=O) groups excluding carboxylic acids is 3. The molecule has 0 fully saturated rings. The van der Waals surface area contributed by atoms with Crippen LogP contribution in [-0.4, -0.2) is 31.0 Å². The maximum Gasteiger partial charge on any atom is 0.338 e. The third-order valence-electron chi connectivity index (χ3n) is 3.22. The largest absolute Gasteiger partial charge is 0.484 e. The number of nitrogens with one attached hydrogen (secondary N) is 2. The van der Waals surface area contributed by atoms with Crippen molar-refractivity contribution >= 4 is 29.2 Å². The van der Waals surface area contributed by atoms with Crippen LogP contribution in [0.1, 0.15) is 24.2 Å². The van der Waals surface area contributed by atoms with Crippen molar-refractivity contribution < 1.29 is 23.9 Å². The normalized spacial score (nSPS) is 9.92. The molecule has 0 radical (unpaired) electrons. The van der Waals surface area contributed by atoms with E-state index in [0.717, 1.165) is 0 Å². The van der Waals surface area contributed by atoms with Gasteiger partial charge in [-0.05, 0) is 55.5 Å². The van der Waals surface area contributed by atoms with Crippen LogP contribution in [0, 0.1) is 0 Å². The van der Waals surface area contributed by atoms with Crippen LogP contribution in [0.4, 0.5) is 11.4 Å². The Morgan fingerprint density at radius 3 is 2.04 bits per heavy atom. The molecule has 0 unspecified atom stereocenters. The Morgan fingerprint density at radius 1 is 0.885 bits per heavy atom. The lowest BCUT2D eigenvalue weighted by Gasteiger charge is -2.09. The highest BCUT2D eigenvalue weighted by Gasteiger charge is 2.08. The summed E-state index contributed by atoms with van der Waals surface area (Å²) in [6.07, 6.45) is 0. The number of esters is 1. The molecular weight excluding hydrogens is 336 g/mol. The minimum absolute atomic E-state index is 0.160. The lowest BCUT2D eigenvalue weighted by molar-refractivity contribution is -0.118. The van der Waals surface area contributed by atoms with Gasteiger partial charge in [0, 0.05) is 18.3 Å². The SMILES string of the molecule is CCOC(=O)c1ccc(NC(=O)COc2ccc(NC(C)=O)cc2)cc1.